The first-order valence-electron chi connectivity index (χ1n) is 6.49. The van der Waals surface area contributed by atoms with E-state index in [-0.39, 0.29) is 0 Å². The highest BCUT2D eigenvalue weighted by molar-refractivity contribution is 5.85. The standard InChI is InChI=1S/C13H24N2/c1-10(2)13-14-8-9-15(13)12-6-4-11(3)5-7-12/h10-12H,4-9H2,1-3H3. The van der Waals surface area contributed by atoms with Gasteiger partial charge >= 0.3 is 0 Å². The Morgan fingerprint density at radius 3 is 2.47 bits per heavy atom. The molecule has 0 aromatic heterocycles. The number of rotatable bonds is 2. The Morgan fingerprint density at radius 1 is 1.20 bits per heavy atom. The zero-order valence-electron chi connectivity index (χ0n) is 10.4. The molecule has 0 bridgehead atoms. The third-order valence-electron chi connectivity index (χ3n) is 3.85. The number of nitrogens with zero attached hydrogens (tertiary/aromatic N) is 2. The lowest BCUT2D eigenvalue weighted by Gasteiger charge is -2.36. The van der Waals surface area contributed by atoms with E-state index in [1.54, 1.807) is 0 Å². The Morgan fingerprint density at radius 2 is 1.87 bits per heavy atom. The molecule has 0 aromatic rings. The Hall–Kier alpha value is -0.530. The van der Waals surface area contributed by atoms with Gasteiger partial charge in [-0.15, -0.1) is 0 Å². The van der Waals surface area contributed by atoms with Crippen molar-refractivity contribution in [3.63, 3.8) is 0 Å². The summed E-state index contributed by atoms with van der Waals surface area (Å²) in [4.78, 5) is 7.25. The lowest BCUT2D eigenvalue weighted by atomic mass is 9.86. The van der Waals surface area contributed by atoms with Gasteiger partial charge in [0.05, 0.1) is 6.54 Å². The SMILES string of the molecule is CC1CCC(N2CCN=C2C(C)C)CC1. The van der Waals surface area contributed by atoms with Gasteiger partial charge in [0.2, 0.25) is 0 Å². The zero-order valence-corrected chi connectivity index (χ0v) is 10.4. The number of aliphatic imine (C=N–C) groups is 1. The predicted octanol–water partition coefficient (Wildman–Crippen LogP) is 2.94. The van der Waals surface area contributed by atoms with E-state index in [2.05, 4.69) is 30.7 Å². The summed E-state index contributed by atoms with van der Waals surface area (Å²) >= 11 is 0. The highest BCUT2D eigenvalue weighted by atomic mass is 15.3. The van der Waals surface area contributed by atoms with Crippen LogP contribution in [0.1, 0.15) is 46.5 Å². The summed E-state index contributed by atoms with van der Waals surface area (Å²) in [5.41, 5.74) is 0. The molecule has 1 fully saturated rings. The van der Waals surface area contributed by atoms with E-state index in [9.17, 15) is 0 Å². The van der Waals surface area contributed by atoms with Crippen molar-refractivity contribution in [3.8, 4) is 0 Å². The van der Waals surface area contributed by atoms with Crippen LogP contribution in [0.3, 0.4) is 0 Å². The second-order valence-electron chi connectivity index (χ2n) is 5.50. The molecule has 0 spiro atoms. The van der Waals surface area contributed by atoms with E-state index >= 15 is 0 Å². The van der Waals surface area contributed by atoms with Crippen LogP contribution < -0.4 is 0 Å². The van der Waals surface area contributed by atoms with Crippen LogP contribution in [0.5, 0.6) is 0 Å². The molecule has 86 valence electrons. The van der Waals surface area contributed by atoms with Gasteiger partial charge in [-0.2, -0.15) is 0 Å². The van der Waals surface area contributed by atoms with Crippen molar-refractivity contribution in [2.45, 2.75) is 52.5 Å². The molecule has 0 atom stereocenters. The van der Waals surface area contributed by atoms with Gasteiger partial charge in [-0.3, -0.25) is 4.99 Å². The van der Waals surface area contributed by atoms with Crippen LogP contribution in [0, 0.1) is 11.8 Å². The number of amidine groups is 1. The molecule has 0 radical (unpaired) electrons. The lowest BCUT2D eigenvalue weighted by molar-refractivity contribution is 0.220. The van der Waals surface area contributed by atoms with E-state index < -0.39 is 0 Å². The highest BCUT2D eigenvalue weighted by Crippen LogP contribution is 2.29. The third-order valence-corrected chi connectivity index (χ3v) is 3.85. The Balaban J connectivity index is 1.96. The van der Waals surface area contributed by atoms with Crippen LogP contribution >= 0.6 is 0 Å². The second kappa shape index (κ2) is 4.54. The topological polar surface area (TPSA) is 15.6 Å². The van der Waals surface area contributed by atoms with Crippen LogP contribution in [-0.2, 0) is 0 Å². The average Bonchev–Trinajstić information content (AvgIpc) is 2.67. The van der Waals surface area contributed by atoms with Gasteiger partial charge in [-0.05, 0) is 31.6 Å². The van der Waals surface area contributed by atoms with E-state index in [0.717, 1.165) is 18.5 Å². The summed E-state index contributed by atoms with van der Waals surface area (Å²) in [5, 5.41) is 0. The second-order valence-corrected chi connectivity index (χ2v) is 5.50. The fourth-order valence-corrected chi connectivity index (χ4v) is 2.92. The molecule has 2 heteroatoms. The minimum absolute atomic E-state index is 0.604. The van der Waals surface area contributed by atoms with Crippen molar-refractivity contribution in [1.29, 1.82) is 0 Å². The van der Waals surface area contributed by atoms with Gasteiger partial charge in [0, 0.05) is 18.5 Å². The minimum atomic E-state index is 0.604. The molecule has 1 saturated carbocycles. The van der Waals surface area contributed by atoms with Crippen molar-refractivity contribution in [1.82, 2.24) is 4.90 Å². The molecule has 2 nitrogen and oxygen atoms in total. The molecule has 0 aromatic carbocycles. The van der Waals surface area contributed by atoms with Gasteiger partial charge in [0.1, 0.15) is 5.84 Å². The first-order chi connectivity index (χ1) is 7.18. The molecule has 1 heterocycles. The number of hydrogen-bond acceptors (Lipinski definition) is 2. The molecular formula is C13H24N2. The zero-order chi connectivity index (χ0) is 10.8. The van der Waals surface area contributed by atoms with Crippen LogP contribution in [0.4, 0.5) is 0 Å². The first kappa shape index (κ1) is 11.0. The number of hydrogen-bond donors (Lipinski definition) is 0. The Labute approximate surface area is 93.8 Å². The molecule has 2 rings (SSSR count). The van der Waals surface area contributed by atoms with E-state index in [0.29, 0.717) is 5.92 Å². The molecule has 0 unspecified atom stereocenters. The van der Waals surface area contributed by atoms with Crippen LogP contribution in [0.25, 0.3) is 0 Å². The summed E-state index contributed by atoms with van der Waals surface area (Å²) in [6, 6.07) is 0.796. The molecular weight excluding hydrogens is 184 g/mol. The quantitative estimate of drug-likeness (QED) is 0.681. The largest absolute Gasteiger partial charge is 0.355 e. The first-order valence-corrected chi connectivity index (χ1v) is 6.49. The molecule has 1 aliphatic carbocycles. The van der Waals surface area contributed by atoms with Crippen LogP contribution in [0.15, 0.2) is 4.99 Å². The third kappa shape index (κ3) is 2.35. The highest BCUT2D eigenvalue weighted by Gasteiger charge is 2.29. The van der Waals surface area contributed by atoms with Crippen molar-refractivity contribution in [3.05, 3.63) is 0 Å². The van der Waals surface area contributed by atoms with Crippen molar-refractivity contribution >= 4 is 5.84 Å². The summed E-state index contributed by atoms with van der Waals surface area (Å²) in [6.45, 7) is 9.12. The monoisotopic (exact) mass is 208 g/mol. The van der Waals surface area contributed by atoms with Crippen LogP contribution in [0.2, 0.25) is 0 Å². The Kier molecular flexibility index (Phi) is 3.32. The van der Waals surface area contributed by atoms with Gasteiger partial charge < -0.3 is 4.90 Å². The summed E-state index contributed by atoms with van der Waals surface area (Å²) in [7, 11) is 0. The van der Waals surface area contributed by atoms with Crippen molar-refractivity contribution < 1.29 is 0 Å². The molecule has 0 saturated heterocycles. The van der Waals surface area contributed by atoms with Crippen LogP contribution in [-0.4, -0.2) is 29.9 Å². The molecule has 15 heavy (non-hydrogen) atoms. The van der Waals surface area contributed by atoms with E-state index in [1.165, 1.54) is 38.1 Å². The molecule has 0 amide bonds. The fourth-order valence-electron chi connectivity index (χ4n) is 2.92. The lowest BCUT2D eigenvalue weighted by Crippen LogP contribution is -2.42. The maximum atomic E-state index is 4.65. The van der Waals surface area contributed by atoms with Gasteiger partial charge in [-0.1, -0.05) is 20.8 Å². The van der Waals surface area contributed by atoms with Gasteiger partial charge in [-0.25, -0.2) is 0 Å². The van der Waals surface area contributed by atoms with Crippen molar-refractivity contribution in [2.75, 3.05) is 13.1 Å². The maximum Gasteiger partial charge on any atom is 0.102 e. The van der Waals surface area contributed by atoms with E-state index in [4.69, 9.17) is 0 Å². The predicted molar refractivity (Wildman–Crippen MR) is 65.3 cm³/mol. The molecule has 0 N–H and O–H groups in total. The smallest absolute Gasteiger partial charge is 0.102 e. The minimum Gasteiger partial charge on any atom is -0.355 e. The average molecular weight is 208 g/mol. The molecule has 2 aliphatic rings. The van der Waals surface area contributed by atoms with Gasteiger partial charge in [0.15, 0.2) is 0 Å². The summed E-state index contributed by atoms with van der Waals surface area (Å²) in [6.07, 6.45) is 5.58. The Bertz CT molecular complexity index is 237. The van der Waals surface area contributed by atoms with Crippen molar-refractivity contribution in [2.24, 2.45) is 16.8 Å². The van der Waals surface area contributed by atoms with E-state index in [1.807, 2.05) is 0 Å². The van der Waals surface area contributed by atoms with Gasteiger partial charge in [0.25, 0.3) is 0 Å². The summed E-state index contributed by atoms with van der Waals surface area (Å²) in [5.74, 6) is 2.92. The summed E-state index contributed by atoms with van der Waals surface area (Å²) < 4.78 is 0. The fraction of sp³-hybridized carbons (Fsp3) is 0.923. The maximum absolute atomic E-state index is 4.65. The molecule has 1 aliphatic heterocycles. The normalized spacial score (nSPS) is 32.3.